The number of halogens is 2. The number of likely N-dealkylation sites (N-methyl/N-ethyl adjacent to an activating group) is 1. The zero-order valence-corrected chi connectivity index (χ0v) is 9.89. The third-order valence-corrected chi connectivity index (χ3v) is 2.98. The van der Waals surface area contributed by atoms with Crippen molar-refractivity contribution in [1.29, 1.82) is 0 Å². The molecule has 92 valence electrons. The maximum atomic E-state index is 13.6. The fourth-order valence-electron chi connectivity index (χ4n) is 1.99. The van der Waals surface area contributed by atoms with Crippen LogP contribution in [-0.2, 0) is 6.42 Å². The average molecular weight is 239 g/mol. The van der Waals surface area contributed by atoms with Gasteiger partial charge in [0.1, 0.15) is 0 Å². The normalized spacial score (nSPS) is 13.2. The number of hydrogen-bond donors (Lipinski definition) is 1. The molecule has 1 aromatic heterocycles. The molecule has 0 bridgehead atoms. The van der Waals surface area contributed by atoms with E-state index < -0.39 is 11.8 Å². The van der Waals surface area contributed by atoms with E-state index in [1.54, 1.807) is 6.07 Å². The van der Waals surface area contributed by atoms with Gasteiger partial charge >= 0.3 is 0 Å². The maximum absolute atomic E-state index is 13.6. The first kappa shape index (κ1) is 12.0. The van der Waals surface area contributed by atoms with Crippen molar-refractivity contribution in [3.63, 3.8) is 0 Å². The van der Waals surface area contributed by atoms with Gasteiger partial charge in [-0.3, -0.25) is 0 Å². The molecule has 17 heavy (non-hydrogen) atoms. The zero-order valence-electron chi connectivity index (χ0n) is 9.89. The minimum absolute atomic E-state index is 0.0104. The first-order valence-corrected chi connectivity index (χ1v) is 5.68. The summed E-state index contributed by atoms with van der Waals surface area (Å²) in [4.78, 5) is 0. The van der Waals surface area contributed by atoms with Gasteiger partial charge in [0, 0.05) is 17.5 Å². The van der Waals surface area contributed by atoms with Crippen LogP contribution in [0.1, 0.15) is 18.9 Å². The molecule has 0 aliphatic rings. The first-order valence-electron chi connectivity index (χ1n) is 5.68. The lowest BCUT2D eigenvalue weighted by atomic mass is 10.0. The van der Waals surface area contributed by atoms with E-state index in [2.05, 4.69) is 16.7 Å². The Morgan fingerprint density at radius 1 is 1.29 bits per heavy atom. The molecule has 0 fully saturated rings. The molecular weight excluding hydrogens is 224 g/mol. The van der Waals surface area contributed by atoms with Crippen molar-refractivity contribution in [3.8, 4) is 0 Å². The van der Waals surface area contributed by atoms with E-state index in [1.165, 1.54) is 12.1 Å². The Morgan fingerprint density at radius 3 is 2.71 bits per heavy atom. The van der Waals surface area contributed by atoms with Gasteiger partial charge in [0.25, 0.3) is 6.01 Å². The second-order valence-electron chi connectivity index (χ2n) is 4.14. The van der Waals surface area contributed by atoms with Crippen LogP contribution in [-0.4, -0.2) is 13.1 Å². The van der Waals surface area contributed by atoms with E-state index in [0.29, 0.717) is 17.8 Å². The molecule has 0 amide bonds. The molecule has 1 atom stereocenters. The van der Waals surface area contributed by atoms with E-state index in [4.69, 9.17) is 0 Å². The highest BCUT2D eigenvalue weighted by atomic mass is 19.1. The molecular formula is C13H15F2NO. The second kappa shape index (κ2) is 4.84. The summed E-state index contributed by atoms with van der Waals surface area (Å²) in [6.45, 7) is 2.06. The smallest absolute Gasteiger partial charge is 0.278 e. The van der Waals surface area contributed by atoms with Gasteiger partial charge in [0.05, 0.1) is 0 Å². The van der Waals surface area contributed by atoms with Gasteiger partial charge in [-0.15, -0.1) is 0 Å². The predicted octanol–water partition coefficient (Wildman–Crippen LogP) is 3.25. The van der Waals surface area contributed by atoms with Crippen LogP contribution >= 0.6 is 0 Å². The number of rotatable bonds is 4. The first-order chi connectivity index (χ1) is 8.13. The lowest BCUT2D eigenvalue weighted by Gasteiger charge is -2.13. The van der Waals surface area contributed by atoms with E-state index >= 15 is 0 Å². The average Bonchev–Trinajstić information content (AvgIpc) is 2.67. The molecule has 2 rings (SSSR count). The van der Waals surface area contributed by atoms with Crippen molar-refractivity contribution in [3.05, 3.63) is 35.6 Å². The number of furan rings is 1. The summed E-state index contributed by atoms with van der Waals surface area (Å²) in [5, 5.41) is 3.63. The number of hydrogen-bond acceptors (Lipinski definition) is 2. The third kappa shape index (κ3) is 2.47. The number of benzene rings is 1. The van der Waals surface area contributed by atoms with Gasteiger partial charge in [-0.1, -0.05) is 6.92 Å². The summed E-state index contributed by atoms with van der Waals surface area (Å²) < 4.78 is 31.2. The van der Waals surface area contributed by atoms with Gasteiger partial charge < -0.3 is 9.73 Å². The molecule has 1 heterocycles. The molecule has 0 saturated heterocycles. The highest BCUT2D eigenvalue weighted by molar-refractivity contribution is 5.78. The molecule has 1 unspecified atom stereocenters. The molecule has 0 saturated carbocycles. The lowest BCUT2D eigenvalue weighted by molar-refractivity contribution is 0.374. The van der Waals surface area contributed by atoms with Crippen LogP contribution in [0.2, 0.25) is 0 Å². The minimum atomic E-state index is -0.753. The van der Waals surface area contributed by atoms with Crippen LogP contribution in [0, 0.1) is 11.8 Å². The van der Waals surface area contributed by atoms with Crippen molar-refractivity contribution < 1.29 is 13.2 Å². The van der Waals surface area contributed by atoms with E-state index in [9.17, 15) is 8.78 Å². The molecule has 0 aliphatic heterocycles. The summed E-state index contributed by atoms with van der Waals surface area (Å²) in [5.41, 5.74) is 0.834. The monoisotopic (exact) mass is 239 g/mol. The molecule has 2 aromatic rings. The Hall–Kier alpha value is -1.42. The maximum Gasteiger partial charge on any atom is 0.278 e. The Morgan fingerprint density at radius 2 is 2.06 bits per heavy atom. The van der Waals surface area contributed by atoms with Crippen LogP contribution < -0.4 is 5.32 Å². The topological polar surface area (TPSA) is 25.2 Å². The van der Waals surface area contributed by atoms with Gasteiger partial charge in [-0.05, 0) is 37.6 Å². The van der Waals surface area contributed by atoms with Crippen LogP contribution in [0.3, 0.4) is 0 Å². The summed E-state index contributed by atoms with van der Waals surface area (Å²) in [5.74, 6) is -0.507. The van der Waals surface area contributed by atoms with Crippen LogP contribution in [0.5, 0.6) is 0 Å². The fourth-order valence-corrected chi connectivity index (χ4v) is 1.99. The van der Waals surface area contributed by atoms with Crippen molar-refractivity contribution in [1.82, 2.24) is 5.32 Å². The van der Waals surface area contributed by atoms with Crippen molar-refractivity contribution >= 4 is 11.0 Å². The number of fused-ring (bicyclic) bond motifs is 1. The predicted molar refractivity (Wildman–Crippen MR) is 63.0 cm³/mol. The van der Waals surface area contributed by atoms with Gasteiger partial charge in [-0.25, -0.2) is 4.39 Å². The highest BCUT2D eigenvalue weighted by Crippen LogP contribution is 2.24. The summed E-state index contributed by atoms with van der Waals surface area (Å²) >= 11 is 0. The highest BCUT2D eigenvalue weighted by Gasteiger charge is 2.12. The van der Waals surface area contributed by atoms with E-state index in [1.807, 2.05) is 7.05 Å². The van der Waals surface area contributed by atoms with Crippen molar-refractivity contribution in [2.24, 2.45) is 0 Å². The third-order valence-electron chi connectivity index (χ3n) is 2.98. The SMILES string of the molecule is CCC(Cc1cc(F)c2oc(F)cc2c1)NC. The number of nitrogens with one attached hydrogen (secondary N) is 1. The van der Waals surface area contributed by atoms with Gasteiger partial charge in [0.15, 0.2) is 11.4 Å². The molecule has 2 nitrogen and oxygen atoms in total. The fraction of sp³-hybridized carbons (Fsp3) is 0.385. The Balaban J connectivity index is 2.35. The van der Waals surface area contributed by atoms with Crippen LogP contribution in [0.25, 0.3) is 11.0 Å². The molecule has 1 N–H and O–H groups in total. The summed E-state index contributed by atoms with van der Waals surface area (Å²) in [6.07, 6.45) is 1.67. The molecule has 0 radical (unpaired) electrons. The summed E-state index contributed by atoms with van der Waals surface area (Å²) in [7, 11) is 1.88. The van der Waals surface area contributed by atoms with E-state index in [0.717, 1.165) is 12.0 Å². The van der Waals surface area contributed by atoms with Gasteiger partial charge in [-0.2, -0.15) is 4.39 Å². The van der Waals surface area contributed by atoms with Crippen LogP contribution in [0.4, 0.5) is 8.78 Å². The zero-order chi connectivity index (χ0) is 12.4. The Kier molecular flexibility index (Phi) is 3.43. The molecule has 4 heteroatoms. The largest absolute Gasteiger partial charge is 0.428 e. The Labute approximate surface area is 98.6 Å². The van der Waals surface area contributed by atoms with Crippen LogP contribution in [0.15, 0.2) is 22.6 Å². The van der Waals surface area contributed by atoms with Crippen molar-refractivity contribution in [2.45, 2.75) is 25.8 Å². The standard InChI is InChI=1S/C13H15F2NO/c1-3-10(16-2)5-8-4-9-7-12(15)17-13(9)11(14)6-8/h4,6-7,10,16H,3,5H2,1-2H3. The lowest BCUT2D eigenvalue weighted by Crippen LogP contribution is -2.26. The van der Waals surface area contributed by atoms with E-state index in [-0.39, 0.29) is 5.58 Å². The molecule has 1 aromatic carbocycles. The summed E-state index contributed by atoms with van der Waals surface area (Å²) in [6, 6.07) is 3.93. The Bertz CT molecular complexity index is 517. The van der Waals surface area contributed by atoms with Crippen molar-refractivity contribution in [2.75, 3.05) is 7.05 Å². The minimum Gasteiger partial charge on any atom is -0.428 e. The quantitative estimate of drug-likeness (QED) is 0.886. The molecule has 0 aliphatic carbocycles. The molecule has 0 spiro atoms. The van der Waals surface area contributed by atoms with Gasteiger partial charge in [0.2, 0.25) is 0 Å². The second-order valence-corrected chi connectivity index (χ2v) is 4.14.